The molecular formula is C55H34N4O. The van der Waals surface area contributed by atoms with Crippen molar-refractivity contribution in [1.29, 1.82) is 0 Å². The summed E-state index contributed by atoms with van der Waals surface area (Å²) < 4.78 is 153. The Labute approximate surface area is 368 Å². The molecule has 0 N–H and O–H groups in total. The smallest absolute Gasteiger partial charge is 0.164 e. The molecule has 0 saturated heterocycles. The first-order valence-corrected chi connectivity index (χ1v) is 18.9. The molecule has 9 aromatic carbocycles. The molecule has 0 unspecified atom stereocenters. The van der Waals surface area contributed by atoms with Crippen LogP contribution in [0.2, 0.25) is 0 Å². The van der Waals surface area contributed by atoms with Crippen LogP contribution < -0.4 is 0 Å². The molecule has 0 bridgehead atoms. The number of aromatic nitrogens is 4. The summed E-state index contributed by atoms with van der Waals surface area (Å²) in [6.07, 6.45) is 0. The lowest BCUT2D eigenvalue weighted by Crippen LogP contribution is -2.00. The molecule has 3 aromatic heterocycles. The Balaban J connectivity index is 1.16. The second-order valence-electron chi connectivity index (χ2n) is 14.0. The van der Waals surface area contributed by atoms with Gasteiger partial charge in [-0.15, -0.1) is 0 Å². The van der Waals surface area contributed by atoms with E-state index in [1.165, 1.54) is 0 Å². The SMILES string of the molecule is [2H]c1c([2H])c(-c2nc(-c3ccc(-c4ccccc4)cc3)nc(-c3ccc(-c4ccccc4)cc3)n2)c2c(oc3c([2H])c(-n4c5c([2H])c([2H])c([2H])c([2H])c5c5c([2H])c6c([2H])c([2H])c([2H])c([2H])c6c([2H])c54)c([2H])c([2H])c32)c1[2H]. The van der Waals surface area contributed by atoms with Crippen LogP contribution in [-0.4, -0.2) is 19.5 Å². The van der Waals surface area contributed by atoms with E-state index in [4.69, 9.17) is 31.7 Å². The molecule has 5 heteroatoms. The van der Waals surface area contributed by atoms with Gasteiger partial charge in [-0.25, -0.2) is 15.0 Å². The first-order chi connectivity index (χ1) is 36.4. The van der Waals surface area contributed by atoms with Crippen molar-refractivity contribution in [3.63, 3.8) is 0 Å². The third-order valence-corrected chi connectivity index (χ3v) is 10.4. The van der Waals surface area contributed by atoms with E-state index >= 15 is 0 Å². The van der Waals surface area contributed by atoms with Crippen molar-refractivity contribution in [3.8, 4) is 62.1 Å². The highest BCUT2D eigenvalue weighted by atomic mass is 16.3. The molecule has 0 aliphatic heterocycles. The molecule has 12 rings (SSSR count). The fourth-order valence-electron chi connectivity index (χ4n) is 7.55. The minimum absolute atomic E-state index is 0.151. The fourth-order valence-corrected chi connectivity index (χ4v) is 7.55. The molecule has 0 atom stereocenters. The zero-order chi connectivity index (χ0) is 53.5. The van der Waals surface area contributed by atoms with Crippen molar-refractivity contribution in [2.45, 2.75) is 0 Å². The number of benzene rings is 9. The van der Waals surface area contributed by atoms with Gasteiger partial charge in [-0.1, -0.05) is 164 Å². The molecule has 0 fully saturated rings. The lowest BCUT2D eigenvalue weighted by atomic mass is 10.0. The minimum Gasteiger partial charge on any atom is -0.456 e. The minimum atomic E-state index is -0.764. The molecule has 3 heterocycles. The van der Waals surface area contributed by atoms with Gasteiger partial charge in [-0.2, -0.15) is 0 Å². The van der Waals surface area contributed by atoms with Crippen molar-refractivity contribution in [1.82, 2.24) is 19.5 Å². The number of furan rings is 1. The van der Waals surface area contributed by atoms with Crippen molar-refractivity contribution in [3.05, 3.63) is 206 Å². The zero-order valence-electron chi connectivity index (χ0n) is 47.1. The van der Waals surface area contributed by atoms with Gasteiger partial charge in [0.2, 0.25) is 0 Å². The lowest BCUT2D eigenvalue weighted by Gasteiger charge is -2.11. The van der Waals surface area contributed by atoms with E-state index in [9.17, 15) is 9.60 Å². The number of nitrogens with zero attached hydrogens (tertiary/aromatic N) is 4. The average molecular weight is 783 g/mol. The lowest BCUT2D eigenvalue weighted by molar-refractivity contribution is 0.668. The quantitative estimate of drug-likeness (QED) is 0.169. The van der Waals surface area contributed by atoms with Crippen LogP contribution in [-0.2, 0) is 0 Å². The highest BCUT2D eigenvalue weighted by molar-refractivity contribution is 6.15. The van der Waals surface area contributed by atoms with E-state index in [1.54, 1.807) is 0 Å². The first kappa shape index (κ1) is 21.6. The van der Waals surface area contributed by atoms with Crippen molar-refractivity contribution in [2.75, 3.05) is 0 Å². The summed E-state index contributed by atoms with van der Waals surface area (Å²) in [6, 6.07) is 23.6. The second-order valence-corrected chi connectivity index (χ2v) is 14.0. The van der Waals surface area contributed by atoms with Gasteiger partial charge in [-0.05, 0) is 69.3 Å². The second kappa shape index (κ2) is 13.8. The summed E-state index contributed by atoms with van der Waals surface area (Å²) in [4.78, 5) is 14.7. The topological polar surface area (TPSA) is 56.7 Å². The third-order valence-electron chi connectivity index (χ3n) is 10.4. The Morgan fingerprint density at radius 1 is 0.400 bits per heavy atom. The van der Waals surface area contributed by atoms with Crippen LogP contribution in [0.5, 0.6) is 0 Å². The predicted molar refractivity (Wildman–Crippen MR) is 246 cm³/mol. The summed E-state index contributed by atoms with van der Waals surface area (Å²) in [6.45, 7) is 0. The third kappa shape index (κ3) is 5.67. The number of para-hydroxylation sites is 1. The molecule has 280 valence electrons. The summed E-state index contributed by atoms with van der Waals surface area (Å²) in [7, 11) is 0. The molecule has 0 aliphatic rings. The van der Waals surface area contributed by atoms with Gasteiger partial charge < -0.3 is 8.98 Å². The Morgan fingerprint density at radius 2 is 0.967 bits per heavy atom. The van der Waals surface area contributed by atoms with E-state index in [0.717, 1.165) is 26.8 Å². The average Bonchev–Trinajstić information content (AvgIpc) is 4.21. The zero-order valence-corrected chi connectivity index (χ0v) is 31.1. The molecule has 5 nitrogen and oxygen atoms in total. The van der Waals surface area contributed by atoms with Crippen LogP contribution in [0.3, 0.4) is 0 Å². The van der Waals surface area contributed by atoms with Gasteiger partial charge in [0.05, 0.1) is 33.0 Å². The summed E-state index contributed by atoms with van der Waals surface area (Å²) in [5.74, 6) is 0.166. The number of hydrogen-bond donors (Lipinski definition) is 0. The van der Waals surface area contributed by atoms with Gasteiger partial charge in [0.1, 0.15) is 11.2 Å². The van der Waals surface area contributed by atoms with Gasteiger partial charge >= 0.3 is 0 Å². The summed E-state index contributed by atoms with van der Waals surface area (Å²) in [5, 5.41) is -1.92. The number of hydrogen-bond acceptors (Lipinski definition) is 4. The largest absolute Gasteiger partial charge is 0.456 e. The maximum Gasteiger partial charge on any atom is 0.164 e. The standard InChI is InChI=1S/C55H34N4O/c1-3-12-35(13-4-1)37-22-26-39(27-23-37)53-56-54(40-28-24-38(25-29-40)36-14-5-2-6-15-36)58-55(57-53)46-19-11-21-50-52(46)45-31-30-43(34-51(45)60-50)59-48-20-10-9-18-44(48)47-32-41-16-7-8-17-42(41)33-49(47)59/h1-34H/i7D,8D,9D,10D,11D,16D,17D,18D,19D,20D,21D,30D,31D,32D,33D,34D. The molecule has 0 saturated carbocycles. The molecule has 0 aliphatic carbocycles. The molecule has 0 radical (unpaired) electrons. The molecule has 12 aromatic rings. The van der Waals surface area contributed by atoms with Crippen molar-refractivity contribution >= 4 is 54.5 Å². The van der Waals surface area contributed by atoms with Crippen LogP contribution in [0.25, 0.3) is 117 Å². The van der Waals surface area contributed by atoms with Crippen LogP contribution in [0.15, 0.2) is 210 Å². The fraction of sp³-hybridized carbons (Fsp3) is 0. The van der Waals surface area contributed by atoms with Gasteiger partial charge in [-0.3, -0.25) is 0 Å². The van der Waals surface area contributed by atoms with E-state index in [1.807, 2.05) is 109 Å². The number of fused-ring (bicyclic) bond motifs is 7. The summed E-state index contributed by atoms with van der Waals surface area (Å²) in [5.41, 5.74) is 2.49. The summed E-state index contributed by atoms with van der Waals surface area (Å²) >= 11 is 0. The first-order valence-electron chi connectivity index (χ1n) is 26.9. The van der Waals surface area contributed by atoms with E-state index < -0.39 is 130 Å². The van der Waals surface area contributed by atoms with Crippen LogP contribution >= 0.6 is 0 Å². The Morgan fingerprint density at radius 3 is 1.63 bits per heavy atom. The highest BCUT2D eigenvalue weighted by Gasteiger charge is 2.20. The Hall–Kier alpha value is -8.15. The van der Waals surface area contributed by atoms with E-state index in [2.05, 4.69) is 0 Å². The van der Waals surface area contributed by atoms with E-state index in [0.29, 0.717) is 11.1 Å². The predicted octanol–water partition coefficient (Wildman–Crippen LogP) is 14.4. The Kier molecular flexibility index (Phi) is 4.94. The van der Waals surface area contributed by atoms with Gasteiger partial charge in [0, 0.05) is 50.0 Å². The van der Waals surface area contributed by atoms with Crippen LogP contribution in [0, 0.1) is 0 Å². The normalized spacial score (nSPS) is 15.4. The van der Waals surface area contributed by atoms with Crippen LogP contribution in [0.1, 0.15) is 21.9 Å². The monoisotopic (exact) mass is 782 g/mol. The maximum absolute atomic E-state index is 9.85. The molecular weight excluding hydrogens is 733 g/mol. The maximum atomic E-state index is 9.85. The number of rotatable bonds is 6. The molecule has 0 spiro atoms. The van der Waals surface area contributed by atoms with Crippen LogP contribution in [0.4, 0.5) is 0 Å². The van der Waals surface area contributed by atoms with Gasteiger partial charge in [0.25, 0.3) is 0 Å². The van der Waals surface area contributed by atoms with Crippen molar-refractivity contribution in [2.24, 2.45) is 0 Å². The highest BCUT2D eigenvalue weighted by Crippen LogP contribution is 2.40. The van der Waals surface area contributed by atoms with Gasteiger partial charge in [0.15, 0.2) is 17.5 Å². The molecule has 0 amide bonds. The van der Waals surface area contributed by atoms with E-state index in [-0.39, 0.29) is 50.2 Å². The molecule has 60 heavy (non-hydrogen) atoms. The Bertz CT molecular complexity index is 4410. The van der Waals surface area contributed by atoms with Crippen molar-refractivity contribution < 1.29 is 26.3 Å².